The lowest BCUT2D eigenvalue weighted by atomic mass is 10.2. The molecule has 0 amide bonds. The quantitative estimate of drug-likeness (QED) is 0.418. The van der Waals surface area contributed by atoms with Crippen LogP contribution in [0.1, 0.15) is 33.3 Å². The van der Waals surface area contributed by atoms with Crippen molar-refractivity contribution >= 4 is 9.76 Å². The van der Waals surface area contributed by atoms with Crippen LogP contribution in [0.2, 0.25) is 0 Å². The van der Waals surface area contributed by atoms with Crippen molar-refractivity contribution < 1.29 is 27.1 Å². The molecule has 0 aliphatic carbocycles. The monoisotopic (exact) mass is 322 g/mol. The van der Waals surface area contributed by atoms with Gasteiger partial charge in [0, 0.05) is 0 Å². The summed E-state index contributed by atoms with van der Waals surface area (Å²) in [5, 5.41) is 0. The first-order valence-electron chi connectivity index (χ1n) is 6.85. The molecular weight excluding hydrogens is 301 g/mol. The topological polar surface area (TPSA) is 27.7 Å². The van der Waals surface area contributed by atoms with Crippen LogP contribution in [-0.4, -0.2) is 28.4 Å². The largest absolute Gasteiger partial charge is 0.378 e. The highest BCUT2D eigenvalue weighted by atomic mass is 28.2. The summed E-state index contributed by atoms with van der Waals surface area (Å²) in [7, 11) is -1.17. The molecule has 0 aliphatic rings. The molecule has 0 bridgehead atoms. The average Bonchev–Trinajstić information content (AvgIpc) is 2.34. The van der Waals surface area contributed by atoms with E-state index in [2.05, 4.69) is 0 Å². The van der Waals surface area contributed by atoms with Crippen molar-refractivity contribution in [1.29, 1.82) is 0 Å². The lowest BCUT2D eigenvalue weighted by molar-refractivity contribution is -0.275. The molecule has 0 atom stereocenters. The number of halogens is 3. The fourth-order valence-corrected chi connectivity index (χ4v) is 2.57. The Morgan fingerprint density at radius 1 is 0.952 bits per heavy atom. The van der Waals surface area contributed by atoms with Crippen molar-refractivity contribution in [3.63, 3.8) is 0 Å². The van der Waals surface area contributed by atoms with Crippen LogP contribution < -0.4 is 0 Å². The average molecular weight is 322 g/mol. The van der Waals surface area contributed by atoms with Gasteiger partial charge in [-0.3, -0.25) is 0 Å². The molecule has 0 saturated carbocycles. The van der Waals surface area contributed by atoms with Gasteiger partial charge in [0.2, 0.25) is 0 Å². The number of benzene rings is 1. The predicted octanol–water partition coefficient (Wildman–Crippen LogP) is 2.84. The van der Waals surface area contributed by atoms with E-state index in [-0.39, 0.29) is 12.2 Å². The third-order valence-corrected chi connectivity index (χ3v) is 3.74. The highest BCUT2D eigenvalue weighted by molar-refractivity contribution is 6.26. The fraction of sp³-hybridized carbons (Fsp3) is 0.571. The fourth-order valence-electron chi connectivity index (χ4n) is 1.58. The van der Waals surface area contributed by atoms with Crippen molar-refractivity contribution in [2.45, 2.75) is 52.4 Å². The number of hydrogen-bond acceptors (Lipinski definition) is 3. The van der Waals surface area contributed by atoms with E-state index in [1.165, 1.54) is 0 Å². The minimum atomic E-state index is -1.45. The molecule has 0 aromatic heterocycles. The van der Waals surface area contributed by atoms with Crippen LogP contribution in [0, 0.1) is 17.5 Å². The van der Waals surface area contributed by atoms with Gasteiger partial charge in [0.15, 0.2) is 27.2 Å². The van der Waals surface area contributed by atoms with Crippen LogP contribution in [0.5, 0.6) is 0 Å². The summed E-state index contributed by atoms with van der Waals surface area (Å²) >= 11 is 0. The van der Waals surface area contributed by atoms with E-state index in [0.717, 1.165) is 12.1 Å². The van der Waals surface area contributed by atoms with E-state index in [9.17, 15) is 13.2 Å². The maximum absolute atomic E-state index is 13.1. The SMILES string of the molecule is CC(C)OC(O[SiH2]Cc1cc(F)c(F)c(F)c1)OC(C)C. The van der Waals surface area contributed by atoms with Crippen LogP contribution in [0.15, 0.2) is 12.1 Å². The summed E-state index contributed by atoms with van der Waals surface area (Å²) in [6.07, 6.45) is -0.132. The second-order valence-corrected chi connectivity index (χ2v) is 6.39. The maximum atomic E-state index is 13.1. The van der Waals surface area contributed by atoms with Crippen molar-refractivity contribution in [3.8, 4) is 0 Å². The van der Waals surface area contributed by atoms with Gasteiger partial charge in [-0.1, -0.05) is 0 Å². The van der Waals surface area contributed by atoms with E-state index >= 15 is 0 Å². The van der Waals surface area contributed by atoms with Crippen LogP contribution in [-0.2, 0) is 19.9 Å². The van der Waals surface area contributed by atoms with E-state index in [4.69, 9.17) is 13.9 Å². The van der Waals surface area contributed by atoms with Gasteiger partial charge in [0.05, 0.1) is 12.2 Å². The number of rotatable bonds is 8. The highest BCUT2D eigenvalue weighted by Gasteiger charge is 2.15. The Labute approximate surface area is 125 Å². The molecule has 0 unspecified atom stereocenters. The van der Waals surface area contributed by atoms with Crippen LogP contribution in [0.25, 0.3) is 0 Å². The summed E-state index contributed by atoms with van der Waals surface area (Å²) in [6, 6.07) is 2.32. The molecule has 0 saturated heterocycles. The van der Waals surface area contributed by atoms with E-state index < -0.39 is 33.7 Å². The van der Waals surface area contributed by atoms with Crippen LogP contribution in [0.3, 0.4) is 0 Å². The van der Waals surface area contributed by atoms with E-state index in [0.29, 0.717) is 11.6 Å². The van der Waals surface area contributed by atoms with Crippen molar-refractivity contribution in [2.75, 3.05) is 0 Å². The zero-order valence-corrected chi connectivity index (χ0v) is 14.1. The Morgan fingerprint density at radius 2 is 1.43 bits per heavy atom. The Bertz CT molecular complexity index is 422. The molecule has 1 rings (SSSR count). The van der Waals surface area contributed by atoms with Crippen molar-refractivity contribution in [3.05, 3.63) is 35.1 Å². The first kappa shape index (κ1) is 18.2. The van der Waals surface area contributed by atoms with Gasteiger partial charge < -0.3 is 13.9 Å². The third kappa shape index (κ3) is 6.60. The minimum Gasteiger partial charge on any atom is -0.378 e. The number of hydrogen-bond donors (Lipinski definition) is 0. The first-order valence-corrected chi connectivity index (χ1v) is 8.43. The molecule has 1 aromatic carbocycles. The van der Waals surface area contributed by atoms with Gasteiger partial charge >= 0.3 is 0 Å². The second-order valence-electron chi connectivity index (χ2n) is 5.15. The van der Waals surface area contributed by atoms with Gasteiger partial charge in [-0.05, 0) is 51.4 Å². The lowest BCUT2D eigenvalue weighted by Gasteiger charge is -2.23. The van der Waals surface area contributed by atoms with Gasteiger partial charge in [-0.15, -0.1) is 0 Å². The smallest absolute Gasteiger partial charge is 0.262 e. The van der Waals surface area contributed by atoms with Crippen molar-refractivity contribution in [2.24, 2.45) is 0 Å². The molecule has 0 N–H and O–H groups in total. The molecular formula is C14H21F3O3Si. The summed E-state index contributed by atoms with van der Waals surface area (Å²) < 4.78 is 55.4. The zero-order valence-electron chi connectivity index (χ0n) is 12.7. The molecule has 21 heavy (non-hydrogen) atoms. The summed E-state index contributed by atoms with van der Waals surface area (Å²) in [5.74, 6) is -3.83. The standard InChI is InChI=1S/C14H21F3O3Si/c1-8(2)18-14(19-9(3)4)20-21-7-10-5-11(15)13(17)12(16)6-10/h5-6,8-9,14H,7,21H2,1-4H3. The normalized spacial score (nSPS) is 12.5. The minimum absolute atomic E-state index is 0.0662. The lowest BCUT2D eigenvalue weighted by Crippen LogP contribution is -2.29. The van der Waals surface area contributed by atoms with Crippen LogP contribution >= 0.6 is 0 Å². The summed E-state index contributed by atoms with van der Waals surface area (Å²) in [6.45, 7) is 6.63. The predicted molar refractivity (Wildman–Crippen MR) is 75.9 cm³/mol. The Hall–Kier alpha value is -0.893. The summed E-state index contributed by atoms with van der Waals surface area (Å²) in [5.41, 5.74) is 0.367. The molecule has 3 nitrogen and oxygen atoms in total. The Morgan fingerprint density at radius 3 is 1.86 bits per heavy atom. The van der Waals surface area contributed by atoms with Gasteiger partial charge in [0.1, 0.15) is 0 Å². The van der Waals surface area contributed by atoms with E-state index in [1.54, 1.807) is 0 Å². The highest BCUT2D eigenvalue weighted by Crippen LogP contribution is 2.14. The maximum Gasteiger partial charge on any atom is 0.262 e. The molecule has 120 valence electrons. The first-order chi connectivity index (χ1) is 9.79. The molecule has 0 radical (unpaired) electrons. The second kappa shape index (κ2) is 8.53. The molecule has 1 aromatic rings. The van der Waals surface area contributed by atoms with Crippen molar-refractivity contribution in [1.82, 2.24) is 0 Å². The summed E-state index contributed by atoms with van der Waals surface area (Å²) in [4.78, 5) is 0. The molecule has 0 spiro atoms. The third-order valence-electron chi connectivity index (χ3n) is 2.45. The molecule has 0 aliphatic heterocycles. The van der Waals surface area contributed by atoms with Crippen LogP contribution in [0.4, 0.5) is 13.2 Å². The van der Waals surface area contributed by atoms with E-state index in [1.807, 2.05) is 27.7 Å². The Balaban J connectivity index is 2.53. The number of ether oxygens (including phenoxy) is 2. The zero-order chi connectivity index (χ0) is 16.0. The molecule has 7 heteroatoms. The van der Waals surface area contributed by atoms with Gasteiger partial charge in [-0.25, -0.2) is 13.2 Å². The Kier molecular flexibility index (Phi) is 7.37. The van der Waals surface area contributed by atoms with Gasteiger partial charge in [-0.2, -0.15) is 0 Å². The molecule has 0 fully saturated rings. The van der Waals surface area contributed by atoms with Gasteiger partial charge in [0.25, 0.3) is 6.48 Å². The molecule has 0 heterocycles.